The SMILES string of the molecule is O=C(CSc1nc2ccccc2s1)N/N=C\c1ccccc1OC(F)F. The molecule has 1 heterocycles. The van der Waals surface area contributed by atoms with Crippen LogP contribution >= 0.6 is 23.1 Å². The number of para-hydroxylation sites is 2. The van der Waals surface area contributed by atoms with E-state index in [2.05, 4.69) is 20.2 Å². The Morgan fingerprint density at radius 1 is 1.27 bits per heavy atom. The van der Waals surface area contributed by atoms with Crippen molar-refractivity contribution in [1.29, 1.82) is 0 Å². The van der Waals surface area contributed by atoms with Crippen LogP contribution in [-0.2, 0) is 4.79 Å². The minimum absolute atomic E-state index is 0.00986. The molecule has 3 rings (SSSR count). The number of fused-ring (bicyclic) bond motifs is 1. The summed E-state index contributed by atoms with van der Waals surface area (Å²) in [6.45, 7) is -2.93. The normalized spacial score (nSPS) is 11.3. The molecule has 0 aliphatic carbocycles. The molecular weight excluding hydrogens is 380 g/mol. The van der Waals surface area contributed by atoms with E-state index in [-0.39, 0.29) is 17.4 Å². The van der Waals surface area contributed by atoms with E-state index in [0.717, 1.165) is 14.6 Å². The highest BCUT2D eigenvalue weighted by Gasteiger charge is 2.09. The van der Waals surface area contributed by atoms with Gasteiger partial charge in [-0.05, 0) is 24.3 Å². The second-order valence-corrected chi connectivity index (χ2v) is 7.20. The molecule has 0 aliphatic rings. The van der Waals surface area contributed by atoms with Crippen LogP contribution in [0.1, 0.15) is 5.56 Å². The van der Waals surface area contributed by atoms with Crippen LogP contribution in [0, 0.1) is 0 Å². The van der Waals surface area contributed by atoms with Crippen LogP contribution in [0.5, 0.6) is 5.75 Å². The number of rotatable bonds is 7. The number of amides is 1. The first kappa shape index (κ1) is 18.3. The lowest BCUT2D eigenvalue weighted by Crippen LogP contribution is -2.19. The fraction of sp³-hybridized carbons (Fsp3) is 0.118. The summed E-state index contributed by atoms with van der Waals surface area (Å²) in [6, 6.07) is 13.9. The summed E-state index contributed by atoms with van der Waals surface area (Å²) in [5, 5.41) is 3.78. The Balaban J connectivity index is 1.53. The Hall–Kier alpha value is -2.52. The second-order valence-electron chi connectivity index (χ2n) is 4.95. The number of benzene rings is 2. The van der Waals surface area contributed by atoms with Gasteiger partial charge in [-0.15, -0.1) is 11.3 Å². The maximum absolute atomic E-state index is 12.3. The lowest BCUT2D eigenvalue weighted by atomic mass is 10.2. The lowest BCUT2D eigenvalue weighted by molar-refractivity contribution is -0.118. The van der Waals surface area contributed by atoms with Gasteiger partial charge in [-0.25, -0.2) is 10.4 Å². The van der Waals surface area contributed by atoms with Crippen molar-refractivity contribution in [3.63, 3.8) is 0 Å². The van der Waals surface area contributed by atoms with E-state index >= 15 is 0 Å². The molecule has 26 heavy (non-hydrogen) atoms. The Morgan fingerprint density at radius 2 is 2.04 bits per heavy atom. The topological polar surface area (TPSA) is 63.6 Å². The molecule has 5 nitrogen and oxygen atoms in total. The smallest absolute Gasteiger partial charge is 0.387 e. The van der Waals surface area contributed by atoms with Gasteiger partial charge in [0, 0.05) is 5.56 Å². The van der Waals surface area contributed by atoms with Gasteiger partial charge in [-0.2, -0.15) is 13.9 Å². The van der Waals surface area contributed by atoms with Gasteiger partial charge in [0.2, 0.25) is 0 Å². The number of halogens is 2. The van der Waals surface area contributed by atoms with Crippen LogP contribution in [0.4, 0.5) is 8.78 Å². The number of ether oxygens (including phenoxy) is 1. The zero-order valence-corrected chi connectivity index (χ0v) is 14.9. The quantitative estimate of drug-likeness (QED) is 0.372. The van der Waals surface area contributed by atoms with Gasteiger partial charge in [0.25, 0.3) is 5.91 Å². The maximum Gasteiger partial charge on any atom is 0.387 e. The molecule has 1 amide bonds. The highest BCUT2D eigenvalue weighted by molar-refractivity contribution is 8.01. The molecule has 1 N–H and O–H groups in total. The number of thiazole rings is 1. The zero-order valence-electron chi connectivity index (χ0n) is 13.3. The Kier molecular flexibility index (Phi) is 6.13. The van der Waals surface area contributed by atoms with Gasteiger partial charge in [0.15, 0.2) is 4.34 Å². The molecule has 0 spiro atoms. The summed E-state index contributed by atoms with van der Waals surface area (Å²) in [7, 11) is 0. The number of hydrogen-bond acceptors (Lipinski definition) is 6. The first-order chi connectivity index (χ1) is 12.6. The van der Waals surface area contributed by atoms with Crippen LogP contribution in [0.2, 0.25) is 0 Å². The molecule has 0 saturated carbocycles. The Morgan fingerprint density at radius 3 is 2.85 bits per heavy atom. The van der Waals surface area contributed by atoms with E-state index in [0.29, 0.717) is 5.56 Å². The standard InChI is InChI=1S/C17H13F2N3O2S2/c18-16(19)24-13-7-3-1-5-11(13)9-20-22-15(23)10-25-17-21-12-6-2-4-8-14(12)26-17/h1-9,16H,10H2,(H,22,23)/b20-9-. The first-order valence-electron chi connectivity index (χ1n) is 7.46. The van der Waals surface area contributed by atoms with Gasteiger partial charge in [-0.3, -0.25) is 4.79 Å². The fourth-order valence-electron chi connectivity index (χ4n) is 2.04. The van der Waals surface area contributed by atoms with Crippen LogP contribution in [0.25, 0.3) is 10.2 Å². The number of nitrogens with one attached hydrogen (secondary N) is 1. The van der Waals surface area contributed by atoms with Crippen molar-refractivity contribution in [2.75, 3.05) is 5.75 Å². The number of carbonyl (C=O) groups is 1. The third-order valence-corrected chi connectivity index (χ3v) is 5.31. The predicted octanol–water partition coefficient (Wildman–Crippen LogP) is 4.14. The predicted molar refractivity (Wildman–Crippen MR) is 99.2 cm³/mol. The summed E-state index contributed by atoms with van der Waals surface area (Å²) in [5.41, 5.74) is 3.60. The number of carbonyl (C=O) groups excluding carboxylic acids is 1. The van der Waals surface area contributed by atoms with Crippen LogP contribution in [0.15, 0.2) is 58.0 Å². The molecule has 134 valence electrons. The number of nitrogens with zero attached hydrogens (tertiary/aromatic N) is 2. The van der Waals surface area contributed by atoms with Crippen molar-refractivity contribution >= 4 is 45.4 Å². The molecule has 0 atom stereocenters. The van der Waals surface area contributed by atoms with E-state index in [1.54, 1.807) is 18.2 Å². The molecule has 0 unspecified atom stereocenters. The molecule has 2 aromatic carbocycles. The van der Waals surface area contributed by atoms with Gasteiger partial charge in [0.05, 0.1) is 22.2 Å². The molecule has 0 saturated heterocycles. The average Bonchev–Trinajstić information content (AvgIpc) is 3.04. The van der Waals surface area contributed by atoms with Crippen molar-refractivity contribution in [1.82, 2.24) is 10.4 Å². The largest absolute Gasteiger partial charge is 0.434 e. The monoisotopic (exact) mass is 393 g/mol. The summed E-state index contributed by atoms with van der Waals surface area (Å²) >= 11 is 2.82. The zero-order chi connectivity index (χ0) is 18.4. The van der Waals surface area contributed by atoms with E-state index < -0.39 is 6.61 Å². The fourth-order valence-corrected chi connectivity index (χ4v) is 3.90. The molecule has 0 bridgehead atoms. The molecule has 3 aromatic rings. The molecule has 0 aliphatic heterocycles. The highest BCUT2D eigenvalue weighted by atomic mass is 32.2. The number of alkyl halides is 2. The van der Waals surface area contributed by atoms with Crippen molar-refractivity contribution < 1.29 is 18.3 Å². The lowest BCUT2D eigenvalue weighted by Gasteiger charge is -2.06. The van der Waals surface area contributed by atoms with E-state index in [1.165, 1.54) is 35.4 Å². The van der Waals surface area contributed by atoms with Crippen LogP contribution in [-0.4, -0.2) is 29.5 Å². The summed E-state index contributed by atoms with van der Waals surface area (Å²) in [4.78, 5) is 16.3. The summed E-state index contributed by atoms with van der Waals surface area (Å²) in [6.07, 6.45) is 1.26. The Labute approximate surface area is 156 Å². The van der Waals surface area contributed by atoms with Crippen LogP contribution < -0.4 is 10.2 Å². The first-order valence-corrected chi connectivity index (χ1v) is 9.26. The van der Waals surface area contributed by atoms with Crippen molar-refractivity contribution in [3.8, 4) is 5.75 Å². The molecule has 1 aromatic heterocycles. The van der Waals surface area contributed by atoms with Gasteiger partial charge in [-0.1, -0.05) is 36.0 Å². The maximum atomic E-state index is 12.3. The van der Waals surface area contributed by atoms with Gasteiger partial charge < -0.3 is 4.74 Å². The molecular formula is C17H13F2N3O2S2. The van der Waals surface area contributed by atoms with Crippen molar-refractivity contribution in [2.24, 2.45) is 5.10 Å². The van der Waals surface area contributed by atoms with Crippen molar-refractivity contribution in [2.45, 2.75) is 11.0 Å². The van der Waals surface area contributed by atoms with Crippen molar-refractivity contribution in [3.05, 3.63) is 54.1 Å². The second kappa shape index (κ2) is 8.72. The Bertz CT molecular complexity index is 898. The van der Waals surface area contributed by atoms with Gasteiger partial charge >= 0.3 is 6.61 Å². The number of hydrazone groups is 1. The molecule has 0 fully saturated rings. The minimum Gasteiger partial charge on any atom is -0.434 e. The van der Waals surface area contributed by atoms with E-state index in [4.69, 9.17) is 0 Å². The number of hydrogen-bond donors (Lipinski definition) is 1. The molecule has 0 radical (unpaired) electrons. The van der Waals surface area contributed by atoms with Crippen LogP contribution in [0.3, 0.4) is 0 Å². The van der Waals surface area contributed by atoms with E-state index in [9.17, 15) is 13.6 Å². The minimum atomic E-state index is -2.93. The third-order valence-electron chi connectivity index (χ3n) is 3.13. The average molecular weight is 393 g/mol. The summed E-state index contributed by atoms with van der Waals surface area (Å²) < 4.78 is 30.9. The molecule has 9 heteroatoms. The third kappa shape index (κ3) is 4.99. The highest BCUT2D eigenvalue weighted by Crippen LogP contribution is 2.29. The van der Waals surface area contributed by atoms with Gasteiger partial charge in [0.1, 0.15) is 5.75 Å². The summed E-state index contributed by atoms with van der Waals surface area (Å²) in [5.74, 6) is -0.186. The number of thioether (sulfide) groups is 1. The number of aromatic nitrogens is 1. The van der Waals surface area contributed by atoms with E-state index in [1.807, 2.05) is 24.3 Å².